The number of rotatable bonds is 6. The number of nitrogens with one attached hydrogen (secondary N) is 1. The average Bonchev–Trinajstić information content (AvgIpc) is 3.05. The largest absolute Gasteiger partial charge is 0.339 e. The minimum Gasteiger partial charge on any atom is -0.339 e. The van der Waals surface area contributed by atoms with E-state index >= 15 is 0 Å². The number of thioether (sulfide) groups is 2. The third kappa shape index (κ3) is 4.88. The first-order valence-electron chi connectivity index (χ1n) is 8.85. The summed E-state index contributed by atoms with van der Waals surface area (Å²) >= 11 is 2.58. The number of aromatic nitrogens is 2. The molecule has 1 N–H and O–H groups in total. The number of hydrogen-bond acceptors (Lipinski definition) is 5. The van der Waals surface area contributed by atoms with Gasteiger partial charge in [0.2, 0.25) is 5.91 Å². The number of nitrogens with zero attached hydrogens (tertiary/aromatic N) is 3. The first kappa shape index (κ1) is 20.3. The molecule has 0 atom stereocenters. The molecule has 0 unspecified atom stereocenters. The minimum atomic E-state index is -0.0931. The molecule has 0 aliphatic rings. The molecule has 0 radical (unpaired) electrons. The number of fused-ring (bicyclic) bond motifs is 1. The van der Waals surface area contributed by atoms with E-state index in [1.165, 1.54) is 16.7 Å². The Labute approximate surface area is 172 Å². The number of amides is 2. The predicted octanol–water partition coefficient (Wildman–Crippen LogP) is 4.56. The Hall–Kier alpha value is -2.45. The molecule has 8 heteroatoms. The van der Waals surface area contributed by atoms with Gasteiger partial charge in [0, 0.05) is 31.2 Å². The number of carbonyl (C=O) groups is 2. The smallest absolute Gasteiger partial charge is 0.285 e. The summed E-state index contributed by atoms with van der Waals surface area (Å²) in [5, 5.41) is 3.69. The molecule has 3 aromatic rings. The van der Waals surface area contributed by atoms with Crippen LogP contribution in [0.1, 0.15) is 6.92 Å². The Kier molecular flexibility index (Phi) is 6.64. The van der Waals surface area contributed by atoms with Crippen molar-refractivity contribution in [1.82, 2.24) is 14.5 Å². The Morgan fingerprint density at radius 1 is 1.11 bits per heavy atom. The topological polar surface area (TPSA) is 67.2 Å². The van der Waals surface area contributed by atoms with E-state index in [0.29, 0.717) is 5.69 Å². The van der Waals surface area contributed by atoms with Crippen molar-refractivity contribution in [3.05, 3.63) is 48.5 Å². The standard InChI is InChI=1S/C20H22N4O2S2/c1-4-24-17-8-6-5-7-16(17)22-19(24)27-13-18(25)21-14-9-11-15(12-10-14)28-20(26)23(2)3/h5-12H,4,13H2,1-3H3,(H,21,25). The van der Waals surface area contributed by atoms with Crippen LogP contribution in [0.2, 0.25) is 0 Å². The van der Waals surface area contributed by atoms with Crippen LogP contribution in [0, 0.1) is 0 Å². The number of anilines is 1. The van der Waals surface area contributed by atoms with Crippen molar-refractivity contribution in [1.29, 1.82) is 0 Å². The van der Waals surface area contributed by atoms with E-state index in [4.69, 9.17) is 0 Å². The van der Waals surface area contributed by atoms with Crippen LogP contribution in [0.15, 0.2) is 58.6 Å². The molecule has 28 heavy (non-hydrogen) atoms. The zero-order valence-corrected chi connectivity index (χ0v) is 17.6. The van der Waals surface area contributed by atoms with Crippen LogP contribution in [-0.4, -0.2) is 45.4 Å². The van der Waals surface area contributed by atoms with Crippen LogP contribution in [0.5, 0.6) is 0 Å². The number of para-hydroxylation sites is 2. The highest BCUT2D eigenvalue weighted by atomic mass is 32.2. The predicted molar refractivity (Wildman–Crippen MR) is 116 cm³/mol. The van der Waals surface area contributed by atoms with Gasteiger partial charge >= 0.3 is 0 Å². The summed E-state index contributed by atoms with van der Waals surface area (Å²) in [6.07, 6.45) is 0. The molecule has 0 saturated carbocycles. The average molecular weight is 415 g/mol. The maximum Gasteiger partial charge on any atom is 0.285 e. The van der Waals surface area contributed by atoms with E-state index < -0.39 is 0 Å². The molecule has 0 spiro atoms. The molecule has 2 aromatic carbocycles. The van der Waals surface area contributed by atoms with Gasteiger partial charge in [0.1, 0.15) is 0 Å². The zero-order valence-electron chi connectivity index (χ0n) is 16.0. The molecule has 2 amide bonds. The first-order chi connectivity index (χ1) is 13.5. The van der Waals surface area contributed by atoms with Crippen molar-refractivity contribution in [2.75, 3.05) is 25.2 Å². The van der Waals surface area contributed by atoms with Crippen molar-refractivity contribution >= 4 is 51.4 Å². The number of carbonyl (C=O) groups excluding carboxylic acids is 2. The molecule has 146 valence electrons. The maximum absolute atomic E-state index is 12.3. The quantitative estimate of drug-likeness (QED) is 0.599. The molecule has 0 aliphatic heterocycles. The summed E-state index contributed by atoms with van der Waals surface area (Å²) in [5.41, 5.74) is 2.72. The highest BCUT2D eigenvalue weighted by Crippen LogP contribution is 2.25. The lowest BCUT2D eigenvalue weighted by Crippen LogP contribution is -2.16. The number of aryl methyl sites for hydroxylation is 1. The van der Waals surface area contributed by atoms with E-state index in [9.17, 15) is 9.59 Å². The summed E-state index contributed by atoms with van der Waals surface area (Å²) in [7, 11) is 3.43. The van der Waals surface area contributed by atoms with Gasteiger partial charge < -0.3 is 14.8 Å². The summed E-state index contributed by atoms with van der Waals surface area (Å²) in [6.45, 7) is 2.87. The van der Waals surface area contributed by atoms with E-state index in [2.05, 4.69) is 21.8 Å². The van der Waals surface area contributed by atoms with Crippen molar-refractivity contribution < 1.29 is 9.59 Å². The van der Waals surface area contributed by atoms with Gasteiger partial charge in [-0.2, -0.15) is 0 Å². The highest BCUT2D eigenvalue weighted by Gasteiger charge is 2.12. The number of benzene rings is 2. The summed E-state index contributed by atoms with van der Waals surface area (Å²) < 4.78 is 2.11. The molecule has 0 fully saturated rings. The molecular formula is C20H22N4O2S2. The molecule has 0 saturated heterocycles. The Bertz CT molecular complexity index is 984. The van der Waals surface area contributed by atoms with E-state index in [-0.39, 0.29) is 16.9 Å². The minimum absolute atomic E-state index is 0.0352. The third-order valence-electron chi connectivity index (χ3n) is 3.98. The van der Waals surface area contributed by atoms with E-state index in [1.54, 1.807) is 26.2 Å². The van der Waals surface area contributed by atoms with Crippen LogP contribution in [0.25, 0.3) is 11.0 Å². The Balaban J connectivity index is 1.58. The summed E-state index contributed by atoms with van der Waals surface area (Å²) in [6, 6.07) is 15.2. The lowest BCUT2D eigenvalue weighted by Gasteiger charge is -2.10. The zero-order chi connectivity index (χ0) is 20.1. The fourth-order valence-corrected chi connectivity index (χ4v) is 4.13. The van der Waals surface area contributed by atoms with Crippen LogP contribution < -0.4 is 5.32 Å². The second-order valence-electron chi connectivity index (χ2n) is 6.25. The normalized spacial score (nSPS) is 10.8. The van der Waals surface area contributed by atoms with Gasteiger partial charge in [-0.15, -0.1) is 0 Å². The molecule has 0 aliphatic carbocycles. The number of hydrogen-bond donors (Lipinski definition) is 1. The summed E-state index contributed by atoms with van der Waals surface area (Å²) in [5.74, 6) is 0.184. The van der Waals surface area contributed by atoms with Gasteiger partial charge in [0.05, 0.1) is 16.8 Å². The third-order valence-corrected chi connectivity index (χ3v) is 6.00. The van der Waals surface area contributed by atoms with E-state index in [0.717, 1.165) is 39.4 Å². The van der Waals surface area contributed by atoms with Gasteiger partial charge in [-0.1, -0.05) is 23.9 Å². The maximum atomic E-state index is 12.3. The number of imidazole rings is 1. The lowest BCUT2D eigenvalue weighted by molar-refractivity contribution is -0.113. The fraction of sp³-hybridized carbons (Fsp3) is 0.250. The van der Waals surface area contributed by atoms with Crippen molar-refractivity contribution in [2.45, 2.75) is 23.5 Å². The van der Waals surface area contributed by atoms with Gasteiger partial charge in [0.15, 0.2) is 5.16 Å². The van der Waals surface area contributed by atoms with E-state index in [1.807, 2.05) is 36.4 Å². The molecule has 0 bridgehead atoms. The SMILES string of the molecule is CCn1c(SCC(=O)Nc2ccc(SC(=O)N(C)C)cc2)nc2ccccc21. The molecular weight excluding hydrogens is 392 g/mol. The van der Waals surface area contributed by atoms with Gasteiger partial charge in [-0.3, -0.25) is 9.59 Å². The van der Waals surface area contributed by atoms with Crippen molar-refractivity contribution in [3.8, 4) is 0 Å². The Morgan fingerprint density at radius 3 is 2.50 bits per heavy atom. The van der Waals surface area contributed by atoms with Crippen LogP contribution in [0.3, 0.4) is 0 Å². The van der Waals surface area contributed by atoms with Gasteiger partial charge in [0.25, 0.3) is 5.24 Å². The lowest BCUT2D eigenvalue weighted by atomic mass is 10.3. The summed E-state index contributed by atoms with van der Waals surface area (Å²) in [4.78, 5) is 31.0. The molecule has 3 rings (SSSR count). The molecule has 6 nitrogen and oxygen atoms in total. The fourth-order valence-electron chi connectivity index (χ4n) is 2.59. The molecule has 1 aromatic heterocycles. The second-order valence-corrected chi connectivity index (χ2v) is 8.22. The highest BCUT2D eigenvalue weighted by molar-refractivity contribution is 8.13. The Morgan fingerprint density at radius 2 is 1.82 bits per heavy atom. The first-order valence-corrected chi connectivity index (χ1v) is 10.6. The van der Waals surface area contributed by atoms with Crippen LogP contribution in [0.4, 0.5) is 10.5 Å². The van der Waals surface area contributed by atoms with Gasteiger partial charge in [-0.05, 0) is 55.1 Å². The van der Waals surface area contributed by atoms with Gasteiger partial charge in [-0.25, -0.2) is 4.98 Å². The van der Waals surface area contributed by atoms with Crippen molar-refractivity contribution in [2.24, 2.45) is 0 Å². The monoisotopic (exact) mass is 414 g/mol. The van der Waals surface area contributed by atoms with Crippen LogP contribution >= 0.6 is 23.5 Å². The van der Waals surface area contributed by atoms with Crippen LogP contribution in [-0.2, 0) is 11.3 Å². The second kappa shape index (κ2) is 9.16. The van der Waals surface area contributed by atoms with Crippen molar-refractivity contribution in [3.63, 3.8) is 0 Å². The molecule has 1 heterocycles.